The van der Waals surface area contributed by atoms with Gasteiger partial charge in [0.2, 0.25) is 5.91 Å². The van der Waals surface area contributed by atoms with Gasteiger partial charge in [-0.15, -0.1) is 10.2 Å². The number of piperidine rings is 1. The zero-order valence-corrected chi connectivity index (χ0v) is 17.1. The predicted molar refractivity (Wildman–Crippen MR) is 117 cm³/mol. The molecule has 1 fully saturated rings. The number of halogens is 1. The third-order valence-corrected chi connectivity index (χ3v) is 5.53. The molecule has 0 saturated carbocycles. The molecule has 2 heterocycles. The van der Waals surface area contributed by atoms with Crippen LogP contribution in [-0.2, 0) is 4.79 Å². The summed E-state index contributed by atoms with van der Waals surface area (Å²) in [4.78, 5) is 15.0. The Morgan fingerprint density at radius 2 is 1.93 bits per heavy atom. The average Bonchev–Trinajstić information content (AvgIpc) is 2.77. The van der Waals surface area contributed by atoms with Crippen LogP contribution in [-0.4, -0.2) is 29.2 Å². The van der Waals surface area contributed by atoms with E-state index in [1.807, 2.05) is 61.5 Å². The van der Waals surface area contributed by atoms with Crippen LogP contribution in [0.1, 0.15) is 18.4 Å². The van der Waals surface area contributed by atoms with E-state index in [-0.39, 0.29) is 11.8 Å². The van der Waals surface area contributed by atoms with Gasteiger partial charge in [0.05, 0.1) is 11.6 Å². The van der Waals surface area contributed by atoms with E-state index in [1.165, 1.54) is 0 Å². The third-order valence-electron chi connectivity index (χ3n) is 5.29. The van der Waals surface area contributed by atoms with Gasteiger partial charge in [0.25, 0.3) is 0 Å². The molecule has 0 radical (unpaired) electrons. The van der Waals surface area contributed by atoms with Gasteiger partial charge < -0.3 is 10.2 Å². The molecule has 1 aliphatic rings. The molecule has 4 rings (SSSR count). The van der Waals surface area contributed by atoms with E-state index >= 15 is 0 Å². The van der Waals surface area contributed by atoms with Crippen molar-refractivity contribution in [3.05, 3.63) is 71.2 Å². The lowest BCUT2D eigenvalue weighted by atomic mass is 9.97. The van der Waals surface area contributed by atoms with Crippen LogP contribution in [0.4, 0.5) is 11.5 Å². The van der Waals surface area contributed by atoms with Gasteiger partial charge in [-0.05, 0) is 49.6 Å². The maximum atomic E-state index is 12.8. The molecular formula is C23H23ClN4O. The topological polar surface area (TPSA) is 58.1 Å². The number of carbonyl (C=O) groups is 1. The molecule has 1 aromatic heterocycles. The molecule has 148 valence electrons. The third kappa shape index (κ3) is 4.57. The number of hydrogen-bond acceptors (Lipinski definition) is 4. The van der Waals surface area contributed by atoms with Crippen LogP contribution >= 0.6 is 11.6 Å². The fraction of sp³-hybridized carbons (Fsp3) is 0.261. The van der Waals surface area contributed by atoms with Crippen molar-refractivity contribution in [1.29, 1.82) is 0 Å². The smallest absolute Gasteiger partial charge is 0.229 e. The highest BCUT2D eigenvalue weighted by Crippen LogP contribution is 2.26. The minimum atomic E-state index is -0.0993. The predicted octanol–water partition coefficient (Wildman–Crippen LogP) is 4.96. The van der Waals surface area contributed by atoms with Crippen molar-refractivity contribution in [3.8, 4) is 11.3 Å². The summed E-state index contributed by atoms with van der Waals surface area (Å²) in [6.07, 6.45) is 1.80. The Morgan fingerprint density at radius 3 is 2.69 bits per heavy atom. The number of aromatic nitrogens is 2. The lowest BCUT2D eigenvalue weighted by Crippen LogP contribution is -2.41. The van der Waals surface area contributed by atoms with Gasteiger partial charge in [-0.25, -0.2) is 0 Å². The summed E-state index contributed by atoms with van der Waals surface area (Å²) in [7, 11) is 0. The maximum absolute atomic E-state index is 12.8. The minimum absolute atomic E-state index is 0.0222. The Bertz CT molecular complexity index is 992. The fourth-order valence-corrected chi connectivity index (χ4v) is 3.79. The summed E-state index contributed by atoms with van der Waals surface area (Å²) in [5.41, 5.74) is 3.65. The second-order valence-electron chi connectivity index (χ2n) is 7.38. The first-order valence-corrected chi connectivity index (χ1v) is 10.2. The molecule has 1 aliphatic heterocycles. The van der Waals surface area contributed by atoms with Gasteiger partial charge in [-0.2, -0.15) is 0 Å². The molecule has 1 saturated heterocycles. The van der Waals surface area contributed by atoms with E-state index in [0.29, 0.717) is 11.6 Å². The summed E-state index contributed by atoms with van der Waals surface area (Å²) >= 11 is 6.07. The Labute approximate surface area is 175 Å². The minimum Gasteiger partial charge on any atom is -0.354 e. The van der Waals surface area contributed by atoms with Crippen LogP contribution in [0, 0.1) is 12.8 Å². The van der Waals surface area contributed by atoms with E-state index in [4.69, 9.17) is 11.6 Å². The largest absolute Gasteiger partial charge is 0.354 e. The van der Waals surface area contributed by atoms with Gasteiger partial charge in [0.15, 0.2) is 5.82 Å². The number of hydrogen-bond donors (Lipinski definition) is 1. The van der Waals surface area contributed by atoms with Crippen molar-refractivity contribution in [3.63, 3.8) is 0 Å². The van der Waals surface area contributed by atoms with Crippen LogP contribution in [0.5, 0.6) is 0 Å². The van der Waals surface area contributed by atoms with E-state index in [0.717, 1.165) is 47.7 Å². The number of anilines is 2. The average molecular weight is 407 g/mol. The molecule has 2 aromatic carbocycles. The number of aryl methyl sites for hydroxylation is 1. The maximum Gasteiger partial charge on any atom is 0.229 e. The molecule has 0 bridgehead atoms. The number of rotatable bonds is 4. The van der Waals surface area contributed by atoms with Crippen molar-refractivity contribution in [1.82, 2.24) is 10.2 Å². The Balaban J connectivity index is 1.44. The molecule has 0 spiro atoms. The lowest BCUT2D eigenvalue weighted by Gasteiger charge is -2.32. The highest BCUT2D eigenvalue weighted by Gasteiger charge is 2.27. The van der Waals surface area contributed by atoms with E-state index in [2.05, 4.69) is 20.4 Å². The van der Waals surface area contributed by atoms with Crippen LogP contribution in [0.3, 0.4) is 0 Å². The lowest BCUT2D eigenvalue weighted by molar-refractivity contribution is -0.120. The van der Waals surface area contributed by atoms with Gasteiger partial charge in [0.1, 0.15) is 0 Å². The van der Waals surface area contributed by atoms with Crippen molar-refractivity contribution < 1.29 is 4.79 Å². The molecule has 1 amide bonds. The Hall–Kier alpha value is -2.92. The second-order valence-corrected chi connectivity index (χ2v) is 7.81. The SMILES string of the molecule is Cc1ccc(Cl)cc1NC(=O)C1CCCN(c2ccc(-c3ccccc3)nn2)C1. The molecule has 1 N–H and O–H groups in total. The summed E-state index contributed by atoms with van der Waals surface area (Å²) in [5, 5.41) is 12.4. The first-order chi connectivity index (χ1) is 14.1. The highest BCUT2D eigenvalue weighted by molar-refractivity contribution is 6.31. The van der Waals surface area contributed by atoms with E-state index in [1.54, 1.807) is 6.07 Å². The van der Waals surface area contributed by atoms with Crippen LogP contribution < -0.4 is 10.2 Å². The standard InChI is InChI=1S/C23H23ClN4O/c1-16-9-10-19(24)14-21(16)25-23(29)18-8-5-13-28(15-18)22-12-11-20(26-27-22)17-6-3-2-4-7-17/h2-4,6-7,9-12,14,18H,5,8,13,15H2,1H3,(H,25,29). The molecule has 29 heavy (non-hydrogen) atoms. The van der Waals surface area contributed by atoms with Gasteiger partial charge >= 0.3 is 0 Å². The Morgan fingerprint density at radius 1 is 1.10 bits per heavy atom. The second kappa shape index (κ2) is 8.62. The number of nitrogens with one attached hydrogen (secondary N) is 1. The van der Waals surface area contributed by atoms with E-state index < -0.39 is 0 Å². The molecule has 6 heteroatoms. The normalized spacial score (nSPS) is 16.5. The molecule has 1 unspecified atom stereocenters. The van der Waals surface area contributed by atoms with Crippen LogP contribution in [0.2, 0.25) is 5.02 Å². The van der Waals surface area contributed by atoms with Crippen molar-refractivity contribution >= 4 is 29.0 Å². The molecule has 0 aliphatic carbocycles. The van der Waals surface area contributed by atoms with Gasteiger partial charge in [0, 0.05) is 29.4 Å². The van der Waals surface area contributed by atoms with Gasteiger partial charge in [-0.3, -0.25) is 4.79 Å². The van der Waals surface area contributed by atoms with Crippen molar-refractivity contribution in [2.24, 2.45) is 5.92 Å². The zero-order chi connectivity index (χ0) is 20.2. The van der Waals surface area contributed by atoms with E-state index in [9.17, 15) is 4.79 Å². The summed E-state index contributed by atoms with van der Waals surface area (Å²) in [6.45, 7) is 3.47. The quantitative estimate of drug-likeness (QED) is 0.665. The zero-order valence-electron chi connectivity index (χ0n) is 16.3. The van der Waals surface area contributed by atoms with Crippen molar-refractivity contribution in [2.45, 2.75) is 19.8 Å². The number of carbonyl (C=O) groups excluding carboxylic acids is 1. The molecule has 5 nitrogen and oxygen atoms in total. The summed E-state index contributed by atoms with van der Waals surface area (Å²) in [6, 6.07) is 19.5. The monoisotopic (exact) mass is 406 g/mol. The molecular weight excluding hydrogens is 384 g/mol. The Kier molecular flexibility index (Phi) is 5.76. The van der Waals surface area contributed by atoms with Crippen LogP contribution in [0.15, 0.2) is 60.7 Å². The van der Waals surface area contributed by atoms with Crippen molar-refractivity contribution in [2.75, 3.05) is 23.3 Å². The summed E-state index contributed by atoms with van der Waals surface area (Å²) in [5.74, 6) is 0.729. The molecule has 3 aromatic rings. The first kappa shape index (κ1) is 19.4. The fourth-order valence-electron chi connectivity index (χ4n) is 3.62. The first-order valence-electron chi connectivity index (χ1n) is 9.81. The van der Waals surface area contributed by atoms with Gasteiger partial charge in [-0.1, -0.05) is 48.0 Å². The number of amides is 1. The number of nitrogens with zero attached hydrogens (tertiary/aromatic N) is 3. The summed E-state index contributed by atoms with van der Waals surface area (Å²) < 4.78 is 0. The van der Waals surface area contributed by atoms with Crippen LogP contribution in [0.25, 0.3) is 11.3 Å². The molecule has 1 atom stereocenters. The highest BCUT2D eigenvalue weighted by atomic mass is 35.5. The number of benzene rings is 2.